The van der Waals surface area contributed by atoms with Crippen molar-refractivity contribution in [2.75, 3.05) is 4.90 Å². The molecule has 1 fully saturated rings. The van der Waals surface area contributed by atoms with Crippen LogP contribution in [0, 0.1) is 5.82 Å². The molecular formula is C28H21FN4S. The first kappa shape index (κ1) is 20.6. The van der Waals surface area contributed by atoms with Crippen LogP contribution in [0.4, 0.5) is 10.1 Å². The maximum absolute atomic E-state index is 13.7. The van der Waals surface area contributed by atoms with Crippen LogP contribution in [0.1, 0.15) is 23.5 Å². The van der Waals surface area contributed by atoms with Crippen molar-refractivity contribution in [2.45, 2.75) is 12.1 Å². The van der Waals surface area contributed by atoms with Crippen molar-refractivity contribution in [3.8, 4) is 5.69 Å². The average Bonchev–Trinajstić information content (AvgIpc) is 3.49. The second-order valence-corrected chi connectivity index (χ2v) is 8.69. The Bertz CT molecular complexity index is 1480. The Morgan fingerprint density at radius 1 is 0.794 bits per heavy atom. The highest BCUT2D eigenvalue weighted by molar-refractivity contribution is 7.80. The van der Waals surface area contributed by atoms with Gasteiger partial charge in [0.1, 0.15) is 11.9 Å². The predicted octanol–water partition coefficient (Wildman–Crippen LogP) is 6.34. The van der Waals surface area contributed by atoms with Crippen molar-refractivity contribution in [1.29, 1.82) is 0 Å². The third-order valence-electron chi connectivity index (χ3n) is 6.30. The molecule has 0 aliphatic carbocycles. The summed E-state index contributed by atoms with van der Waals surface area (Å²) < 4.78 is 15.9. The van der Waals surface area contributed by atoms with E-state index in [1.165, 1.54) is 22.9 Å². The molecule has 4 nitrogen and oxygen atoms in total. The molecule has 6 rings (SSSR count). The molecule has 0 saturated carbocycles. The standard InChI is InChI=1S/C28H21FN4S/c29-21-11-14-22(15-12-21)33-27(26(31-28(33)34)24-8-3-4-16-30-24)25-9-5-17-32(25)23-13-10-19-6-1-2-7-20(19)18-23/h1-18,26-27H,(H,31,34)/t26-,27-/m1/s1. The Balaban J connectivity index is 1.51. The second kappa shape index (κ2) is 8.39. The highest BCUT2D eigenvalue weighted by Crippen LogP contribution is 2.42. The zero-order chi connectivity index (χ0) is 23.1. The van der Waals surface area contributed by atoms with Gasteiger partial charge in [0.25, 0.3) is 0 Å². The molecule has 6 heteroatoms. The molecule has 1 aliphatic heterocycles. The molecule has 1 N–H and O–H groups in total. The Hall–Kier alpha value is -4.03. The van der Waals surface area contributed by atoms with Crippen LogP contribution in [0.5, 0.6) is 0 Å². The summed E-state index contributed by atoms with van der Waals surface area (Å²) in [6, 6.07) is 30.9. The van der Waals surface area contributed by atoms with Crippen molar-refractivity contribution < 1.29 is 4.39 Å². The first-order chi connectivity index (χ1) is 16.7. The third kappa shape index (κ3) is 3.53. The molecule has 2 atom stereocenters. The largest absolute Gasteiger partial charge is 0.351 e. The number of fused-ring (bicyclic) bond motifs is 1. The molecule has 1 aliphatic rings. The molecule has 1 saturated heterocycles. The summed E-state index contributed by atoms with van der Waals surface area (Å²) in [5.41, 5.74) is 3.84. The van der Waals surface area contributed by atoms with Crippen molar-refractivity contribution in [3.05, 3.63) is 127 Å². The van der Waals surface area contributed by atoms with Gasteiger partial charge in [0.15, 0.2) is 5.11 Å². The summed E-state index contributed by atoms with van der Waals surface area (Å²) in [5.74, 6) is -0.279. The number of aromatic nitrogens is 2. The molecule has 3 heterocycles. The lowest BCUT2D eigenvalue weighted by Crippen LogP contribution is -2.30. The maximum Gasteiger partial charge on any atom is 0.174 e. The van der Waals surface area contributed by atoms with Crippen LogP contribution in [0.25, 0.3) is 16.5 Å². The van der Waals surface area contributed by atoms with E-state index >= 15 is 0 Å². The molecule has 0 spiro atoms. The van der Waals surface area contributed by atoms with Crippen LogP contribution in [0.3, 0.4) is 0 Å². The number of nitrogens with one attached hydrogen (secondary N) is 1. The Labute approximate surface area is 202 Å². The molecule has 2 aromatic heterocycles. The van der Waals surface area contributed by atoms with Gasteiger partial charge in [0.05, 0.1) is 11.7 Å². The summed E-state index contributed by atoms with van der Waals surface area (Å²) >= 11 is 5.79. The Kier molecular flexibility index (Phi) is 5.08. The van der Waals surface area contributed by atoms with Crippen LogP contribution in [0.2, 0.25) is 0 Å². The number of benzene rings is 3. The SMILES string of the molecule is Fc1ccc(N2C(=S)N[C@H](c3ccccn3)[C@H]2c2cccn2-c2ccc3ccccc3c2)cc1. The number of anilines is 1. The zero-order valence-corrected chi connectivity index (χ0v) is 19.0. The summed E-state index contributed by atoms with van der Waals surface area (Å²) in [6.07, 6.45) is 3.86. The van der Waals surface area contributed by atoms with Crippen LogP contribution in [-0.2, 0) is 0 Å². The number of hydrogen-bond acceptors (Lipinski definition) is 2. The van der Waals surface area contributed by atoms with Crippen molar-refractivity contribution in [3.63, 3.8) is 0 Å². The van der Waals surface area contributed by atoms with Gasteiger partial charge in [0.2, 0.25) is 0 Å². The fraction of sp³-hybridized carbons (Fsp3) is 0.0714. The summed E-state index contributed by atoms with van der Waals surface area (Å²) in [4.78, 5) is 6.68. The van der Waals surface area contributed by atoms with Gasteiger partial charge in [-0.2, -0.15) is 0 Å². The average molecular weight is 465 g/mol. The van der Waals surface area contributed by atoms with Gasteiger partial charge in [-0.25, -0.2) is 4.39 Å². The van der Waals surface area contributed by atoms with E-state index in [0.29, 0.717) is 5.11 Å². The fourth-order valence-electron chi connectivity index (χ4n) is 4.73. The minimum atomic E-state index is -0.279. The first-order valence-corrected chi connectivity index (χ1v) is 11.5. The molecule has 5 aromatic rings. The molecule has 0 bridgehead atoms. The van der Waals surface area contributed by atoms with Gasteiger partial charge < -0.3 is 14.8 Å². The summed E-state index contributed by atoms with van der Waals surface area (Å²) in [5, 5.41) is 6.42. The van der Waals surface area contributed by atoms with E-state index in [2.05, 4.69) is 68.4 Å². The molecule has 0 amide bonds. The predicted molar refractivity (Wildman–Crippen MR) is 138 cm³/mol. The topological polar surface area (TPSA) is 33.1 Å². The monoisotopic (exact) mass is 464 g/mol. The van der Waals surface area contributed by atoms with E-state index in [1.54, 1.807) is 18.3 Å². The summed E-state index contributed by atoms with van der Waals surface area (Å²) in [6.45, 7) is 0. The number of halogens is 1. The number of hydrogen-bond donors (Lipinski definition) is 1. The molecule has 34 heavy (non-hydrogen) atoms. The van der Waals surface area contributed by atoms with Crippen molar-refractivity contribution >= 4 is 33.8 Å². The maximum atomic E-state index is 13.7. The highest BCUT2D eigenvalue weighted by Gasteiger charge is 2.42. The van der Waals surface area contributed by atoms with Gasteiger partial charge in [-0.1, -0.05) is 36.4 Å². The van der Waals surface area contributed by atoms with Crippen molar-refractivity contribution in [2.24, 2.45) is 0 Å². The molecule has 0 unspecified atom stereocenters. The lowest BCUT2D eigenvalue weighted by atomic mass is 10.0. The van der Waals surface area contributed by atoms with E-state index in [-0.39, 0.29) is 17.9 Å². The highest BCUT2D eigenvalue weighted by atomic mass is 32.1. The van der Waals surface area contributed by atoms with E-state index in [9.17, 15) is 4.39 Å². The van der Waals surface area contributed by atoms with E-state index in [0.717, 1.165) is 22.8 Å². The van der Waals surface area contributed by atoms with Crippen LogP contribution >= 0.6 is 12.2 Å². The van der Waals surface area contributed by atoms with Gasteiger partial charge in [0, 0.05) is 29.5 Å². The van der Waals surface area contributed by atoms with Gasteiger partial charge in [-0.3, -0.25) is 4.98 Å². The summed E-state index contributed by atoms with van der Waals surface area (Å²) in [7, 11) is 0. The van der Waals surface area contributed by atoms with E-state index in [4.69, 9.17) is 12.2 Å². The van der Waals surface area contributed by atoms with Gasteiger partial charge >= 0.3 is 0 Å². The quantitative estimate of drug-likeness (QED) is 0.315. The second-order valence-electron chi connectivity index (χ2n) is 8.31. The van der Waals surface area contributed by atoms with Crippen LogP contribution in [0.15, 0.2) is 109 Å². The van der Waals surface area contributed by atoms with E-state index in [1.807, 2.05) is 30.3 Å². The lowest BCUT2D eigenvalue weighted by molar-refractivity contribution is 0.549. The van der Waals surface area contributed by atoms with Gasteiger partial charge in [-0.15, -0.1) is 0 Å². The smallest absolute Gasteiger partial charge is 0.174 e. The van der Waals surface area contributed by atoms with Crippen molar-refractivity contribution in [1.82, 2.24) is 14.9 Å². The molecular weight excluding hydrogens is 443 g/mol. The normalized spacial score (nSPS) is 17.8. The number of nitrogens with zero attached hydrogens (tertiary/aromatic N) is 3. The van der Waals surface area contributed by atoms with Gasteiger partial charge in [-0.05, 0) is 83.7 Å². The number of thiocarbonyl (C=S) groups is 1. The molecule has 3 aromatic carbocycles. The Morgan fingerprint density at radius 2 is 1.56 bits per heavy atom. The fourth-order valence-corrected chi connectivity index (χ4v) is 5.08. The first-order valence-electron chi connectivity index (χ1n) is 11.1. The molecule has 0 radical (unpaired) electrons. The van der Waals surface area contributed by atoms with E-state index < -0.39 is 0 Å². The van der Waals surface area contributed by atoms with Crippen LogP contribution in [-0.4, -0.2) is 14.7 Å². The van der Waals surface area contributed by atoms with Crippen LogP contribution < -0.4 is 10.2 Å². The number of pyridine rings is 1. The number of rotatable bonds is 4. The Morgan fingerprint density at radius 3 is 2.35 bits per heavy atom. The lowest BCUT2D eigenvalue weighted by Gasteiger charge is -2.29. The zero-order valence-electron chi connectivity index (χ0n) is 18.2. The minimum Gasteiger partial charge on any atom is -0.351 e. The molecule has 166 valence electrons. The third-order valence-corrected chi connectivity index (χ3v) is 6.61. The minimum absolute atomic E-state index is 0.173.